The SMILES string of the molecule is O=C(C1CCNC1)N(CCc1ccccc1)Cc1cccs1. The van der Waals surface area contributed by atoms with Crippen molar-refractivity contribution in [2.75, 3.05) is 19.6 Å². The molecule has 0 aliphatic carbocycles. The summed E-state index contributed by atoms with van der Waals surface area (Å²) in [5.74, 6) is 0.449. The molecule has 1 amide bonds. The molecule has 0 spiro atoms. The van der Waals surface area contributed by atoms with Crippen molar-refractivity contribution < 1.29 is 4.79 Å². The monoisotopic (exact) mass is 314 g/mol. The molecule has 1 aliphatic heterocycles. The van der Waals surface area contributed by atoms with E-state index in [4.69, 9.17) is 0 Å². The molecule has 2 aromatic rings. The lowest BCUT2D eigenvalue weighted by Gasteiger charge is -2.25. The number of benzene rings is 1. The van der Waals surface area contributed by atoms with E-state index in [9.17, 15) is 4.79 Å². The highest BCUT2D eigenvalue weighted by molar-refractivity contribution is 7.09. The Morgan fingerprint density at radius 1 is 1.23 bits per heavy atom. The Kier molecular flexibility index (Phi) is 5.24. The standard InChI is InChI=1S/C18H22N2OS/c21-18(16-8-10-19-13-16)20(14-17-7-4-12-22-17)11-9-15-5-2-1-3-6-15/h1-7,12,16,19H,8-11,13-14H2. The van der Waals surface area contributed by atoms with Crippen LogP contribution in [0.1, 0.15) is 16.9 Å². The molecule has 1 aliphatic rings. The van der Waals surface area contributed by atoms with E-state index in [0.29, 0.717) is 5.91 Å². The highest BCUT2D eigenvalue weighted by Crippen LogP contribution is 2.17. The highest BCUT2D eigenvalue weighted by atomic mass is 32.1. The summed E-state index contributed by atoms with van der Waals surface area (Å²) < 4.78 is 0. The molecule has 1 aromatic carbocycles. The number of thiophene rings is 1. The van der Waals surface area contributed by atoms with E-state index in [1.165, 1.54) is 10.4 Å². The quantitative estimate of drug-likeness (QED) is 0.889. The highest BCUT2D eigenvalue weighted by Gasteiger charge is 2.27. The average Bonchev–Trinajstić information content (AvgIpc) is 3.25. The van der Waals surface area contributed by atoms with Crippen molar-refractivity contribution >= 4 is 17.2 Å². The molecule has 4 heteroatoms. The van der Waals surface area contributed by atoms with Crippen LogP contribution in [0.2, 0.25) is 0 Å². The molecule has 116 valence electrons. The maximum absolute atomic E-state index is 12.8. The van der Waals surface area contributed by atoms with Crippen LogP contribution in [-0.2, 0) is 17.8 Å². The zero-order valence-corrected chi connectivity index (χ0v) is 13.5. The number of nitrogens with one attached hydrogen (secondary N) is 1. The first-order valence-electron chi connectivity index (χ1n) is 7.89. The van der Waals surface area contributed by atoms with E-state index in [1.807, 2.05) is 11.0 Å². The van der Waals surface area contributed by atoms with Gasteiger partial charge in [-0.15, -0.1) is 11.3 Å². The van der Waals surface area contributed by atoms with Gasteiger partial charge in [0.15, 0.2) is 0 Å². The molecule has 1 unspecified atom stereocenters. The smallest absolute Gasteiger partial charge is 0.227 e. The van der Waals surface area contributed by atoms with E-state index in [2.05, 4.69) is 47.1 Å². The maximum atomic E-state index is 12.8. The second-order valence-electron chi connectivity index (χ2n) is 5.76. The van der Waals surface area contributed by atoms with Crippen molar-refractivity contribution in [1.82, 2.24) is 10.2 Å². The Morgan fingerprint density at radius 2 is 2.09 bits per heavy atom. The first kappa shape index (κ1) is 15.3. The van der Waals surface area contributed by atoms with E-state index in [0.717, 1.165) is 39.0 Å². The molecule has 0 saturated carbocycles. The van der Waals surface area contributed by atoms with Crippen molar-refractivity contribution in [3.05, 3.63) is 58.3 Å². The Morgan fingerprint density at radius 3 is 2.77 bits per heavy atom. The van der Waals surface area contributed by atoms with Gasteiger partial charge in [-0.2, -0.15) is 0 Å². The predicted molar refractivity (Wildman–Crippen MR) is 90.9 cm³/mol. The van der Waals surface area contributed by atoms with Gasteiger partial charge in [0.1, 0.15) is 0 Å². The number of carbonyl (C=O) groups is 1. The van der Waals surface area contributed by atoms with E-state index < -0.39 is 0 Å². The Labute approximate surface area is 136 Å². The minimum atomic E-state index is 0.149. The Hall–Kier alpha value is -1.65. The average molecular weight is 314 g/mol. The number of hydrogen-bond acceptors (Lipinski definition) is 3. The first-order chi connectivity index (χ1) is 10.8. The molecular weight excluding hydrogens is 292 g/mol. The molecule has 0 radical (unpaired) electrons. The lowest BCUT2D eigenvalue weighted by atomic mass is 10.1. The largest absolute Gasteiger partial charge is 0.337 e. The molecule has 2 heterocycles. The van der Waals surface area contributed by atoms with Crippen LogP contribution in [0.5, 0.6) is 0 Å². The summed E-state index contributed by atoms with van der Waals surface area (Å²) in [6.07, 6.45) is 1.88. The summed E-state index contributed by atoms with van der Waals surface area (Å²) in [6, 6.07) is 14.6. The van der Waals surface area contributed by atoms with Crippen LogP contribution in [-0.4, -0.2) is 30.4 Å². The van der Waals surface area contributed by atoms with E-state index in [1.54, 1.807) is 11.3 Å². The zero-order valence-electron chi connectivity index (χ0n) is 12.7. The predicted octanol–water partition coefficient (Wildman–Crippen LogP) is 2.93. The minimum Gasteiger partial charge on any atom is -0.337 e. The number of amides is 1. The third-order valence-electron chi connectivity index (χ3n) is 4.16. The lowest BCUT2D eigenvalue weighted by Crippen LogP contribution is -2.37. The fourth-order valence-corrected chi connectivity index (χ4v) is 3.61. The van der Waals surface area contributed by atoms with Gasteiger partial charge in [-0.1, -0.05) is 36.4 Å². The minimum absolute atomic E-state index is 0.149. The molecule has 1 N–H and O–H groups in total. The van der Waals surface area contributed by atoms with Gasteiger partial charge >= 0.3 is 0 Å². The van der Waals surface area contributed by atoms with Crippen molar-refractivity contribution in [3.63, 3.8) is 0 Å². The van der Waals surface area contributed by atoms with E-state index >= 15 is 0 Å². The molecule has 0 bridgehead atoms. The topological polar surface area (TPSA) is 32.3 Å². The third kappa shape index (κ3) is 3.96. The van der Waals surface area contributed by atoms with Gasteiger partial charge < -0.3 is 10.2 Å². The van der Waals surface area contributed by atoms with Crippen LogP contribution >= 0.6 is 11.3 Å². The van der Waals surface area contributed by atoms with Crippen molar-refractivity contribution in [1.29, 1.82) is 0 Å². The van der Waals surface area contributed by atoms with Crippen molar-refractivity contribution in [2.24, 2.45) is 5.92 Å². The lowest BCUT2D eigenvalue weighted by molar-refractivity contribution is -0.135. The number of nitrogens with zero attached hydrogens (tertiary/aromatic N) is 1. The van der Waals surface area contributed by atoms with Crippen molar-refractivity contribution in [3.8, 4) is 0 Å². The maximum Gasteiger partial charge on any atom is 0.227 e. The molecule has 22 heavy (non-hydrogen) atoms. The molecule has 1 saturated heterocycles. The first-order valence-corrected chi connectivity index (χ1v) is 8.77. The van der Waals surface area contributed by atoms with E-state index in [-0.39, 0.29) is 5.92 Å². The second kappa shape index (κ2) is 7.56. The summed E-state index contributed by atoms with van der Waals surface area (Å²) in [7, 11) is 0. The van der Waals surface area contributed by atoms with Crippen LogP contribution in [0.4, 0.5) is 0 Å². The van der Waals surface area contributed by atoms with Crippen LogP contribution < -0.4 is 5.32 Å². The number of hydrogen-bond donors (Lipinski definition) is 1. The molecule has 1 fully saturated rings. The van der Waals surface area contributed by atoms with Gasteiger partial charge in [0.2, 0.25) is 5.91 Å². The van der Waals surface area contributed by atoms with Gasteiger partial charge in [-0.25, -0.2) is 0 Å². The summed E-state index contributed by atoms with van der Waals surface area (Å²) in [6.45, 7) is 3.31. The van der Waals surface area contributed by atoms with Gasteiger partial charge in [0.05, 0.1) is 12.5 Å². The van der Waals surface area contributed by atoms with Gasteiger partial charge in [-0.3, -0.25) is 4.79 Å². The van der Waals surface area contributed by atoms with Gasteiger partial charge in [-0.05, 0) is 36.4 Å². The summed E-state index contributed by atoms with van der Waals surface area (Å²) in [5.41, 5.74) is 1.29. The molecule has 1 atom stereocenters. The summed E-state index contributed by atoms with van der Waals surface area (Å²) >= 11 is 1.72. The van der Waals surface area contributed by atoms with Crippen LogP contribution in [0, 0.1) is 5.92 Å². The molecule has 1 aromatic heterocycles. The summed E-state index contributed by atoms with van der Waals surface area (Å²) in [5, 5.41) is 5.37. The molecule has 3 nitrogen and oxygen atoms in total. The van der Waals surface area contributed by atoms with Gasteiger partial charge in [0.25, 0.3) is 0 Å². The number of rotatable bonds is 6. The summed E-state index contributed by atoms with van der Waals surface area (Å²) in [4.78, 5) is 16.1. The number of carbonyl (C=O) groups excluding carboxylic acids is 1. The molecule has 3 rings (SSSR count). The van der Waals surface area contributed by atoms with Crippen molar-refractivity contribution in [2.45, 2.75) is 19.4 Å². The zero-order chi connectivity index (χ0) is 15.2. The Balaban J connectivity index is 1.66. The Bertz CT molecular complexity index is 576. The third-order valence-corrected chi connectivity index (χ3v) is 5.02. The van der Waals surface area contributed by atoms with Crippen LogP contribution in [0.3, 0.4) is 0 Å². The normalized spacial score (nSPS) is 17.5. The molecular formula is C18H22N2OS. The fourth-order valence-electron chi connectivity index (χ4n) is 2.89. The van der Waals surface area contributed by atoms with Crippen LogP contribution in [0.15, 0.2) is 47.8 Å². The van der Waals surface area contributed by atoms with Gasteiger partial charge in [0, 0.05) is 18.0 Å². The second-order valence-corrected chi connectivity index (χ2v) is 6.80. The fraction of sp³-hybridized carbons (Fsp3) is 0.389. The van der Waals surface area contributed by atoms with Crippen LogP contribution in [0.25, 0.3) is 0 Å².